The maximum absolute atomic E-state index is 6.12. The van der Waals surface area contributed by atoms with E-state index in [9.17, 15) is 0 Å². The lowest BCUT2D eigenvalue weighted by atomic mass is 9.89. The van der Waals surface area contributed by atoms with E-state index in [1.807, 2.05) is 0 Å². The summed E-state index contributed by atoms with van der Waals surface area (Å²) in [6.07, 6.45) is 5.53. The molecule has 0 aromatic carbocycles. The molecule has 0 radical (unpaired) electrons. The molecule has 2 rings (SSSR count). The minimum Gasteiger partial charge on any atom is -0.322 e. The van der Waals surface area contributed by atoms with E-state index in [-0.39, 0.29) is 6.04 Å². The molecule has 1 heterocycles. The van der Waals surface area contributed by atoms with E-state index in [0.717, 1.165) is 13.1 Å². The van der Waals surface area contributed by atoms with Gasteiger partial charge in [-0.3, -0.25) is 0 Å². The maximum Gasteiger partial charge on any atom is 0.0516 e. The van der Waals surface area contributed by atoms with E-state index in [0.29, 0.717) is 5.41 Å². The van der Waals surface area contributed by atoms with Crippen molar-refractivity contribution >= 4 is 11.3 Å². The zero-order valence-corrected chi connectivity index (χ0v) is 10.9. The number of rotatable bonds is 5. The summed E-state index contributed by atoms with van der Waals surface area (Å²) in [4.78, 5) is 1.28. The van der Waals surface area contributed by atoms with Gasteiger partial charge < -0.3 is 11.1 Å². The second kappa shape index (κ2) is 5.30. The van der Waals surface area contributed by atoms with Gasteiger partial charge in [-0.05, 0) is 29.7 Å². The molecule has 1 aliphatic rings. The third-order valence-corrected chi connectivity index (χ3v) is 4.64. The number of hydrogen-bond acceptors (Lipinski definition) is 3. The van der Waals surface area contributed by atoms with Crippen LogP contribution < -0.4 is 11.1 Å². The van der Waals surface area contributed by atoms with E-state index in [4.69, 9.17) is 5.73 Å². The lowest BCUT2D eigenvalue weighted by Gasteiger charge is -2.24. The number of hydrogen-bond donors (Lipinski definition) is 2. The van der Waals surface area contributed by atoms with Crippen molar-refractivity contribution in [2.45, 2.75) is 38.6 Å². The minimum atomic E-state index is 0.157. The van der Waals surface area contributed by atoms with Gasteiger partial charge in [0.2, 0.25) is 0 Å². The lowest BCUT2D eigenvalue weighted by molar-refractivity contribution is 0.312. The summed E-state index contributed by atoms with van der Waals surface area (Å²) in [6.45, 7) is 4.41. The second-order valence-electron chi connectivity index (χ2n) is 5.27. The Labute approximate surface area is 102 Å². The summed E-state index contributed by atoms with van der Waals surface area (Å²) < 4.78 is 0. The first kappa shape index (κ1) is 12.1. The van der Waals surface area contributed by atoms with Gasteiger partial charge in [-0.1, -0.05) is 25.8 Å². The van der Waals surface area contributed by atoms with Crippen LogP contribution in [0.15, 0.2) is 17.5 Å². The Morgan fingerprint density at radius 3 is 2.88 bits per heavy atom. The Hall–Kier alpha value is -0.380. The molecule has 1 fully saturated rings. The smallest absolute Gasteiger partial charge is 0.0516 e. The molecule has 16 heavy (non-hydrogen) atoms. The van der Waals surface area contributed by atoms with Gasteiger partial charge in [-0.25, -0.2) is 0 Å². The first-order valence-corrected chi connectivity index (χ1v) is 7.07. The molecule has 0 saturated heterocycles. The molecule has 1 aliphatic carbocycles. The molecule has 0 bridgehead atoms. The average Bonchev–Trinajstić information content (AvgIpc) is 2.88. The van der Waals surface area contributed by atoms with Crippen LogP contribution in [-0.4, -0.2) is 13.1 Å². The van der Waals surface area contributed by atoms with Crippen LogP contribution >= 0.6 is 11.3 Å². The SMILES string of the molecule is CC1(CNCC(N)c2cccs2)CCCC1. The predicted molar refractivity (Wildman–Crippen MR) is 70.7 cm³/mol. The van der Waals surface area contributed by atoms with Gasteiger partial charge in [0.05, 0.1) is 6.04 Å². The highest BCUT2D eigenvalue weighted by Crippen LogP contribution is 2.36. The summed E-state index contributed by atoms with van der Waals surface area (Å²) in [5, 5.41) is 5.63. The molecule has 0 spiro atoms. The molecule has 90 valence electrons. The van der Waals surface area contributed by atoms with Crippen molar-refractivity contribution in [2.75, 3.05) is 13.1 Å². The van der Waals surface area contributed by atoms with Crippen molar-refractivity contribution in [2.24, 2.45) is 11.1 Å². The quantitative estimate of drug-likeness (QED) is 0.828. The van der Waals surface area contributed by atoms with Crippen LogP contribution in [0.4, 0.5) is 0 Å². The molecule has 3 N–H and O–H groups in total. The second-order valence-corrected chi connectivity index (χ2v) is 6.25. The number of nitrogens with one attached hydrogen (secondary N) is 1. The fourth-order valence-corrected chi connectivity index (χ4v) is 3.27. The van der Waals surface area contributed by atoms with Gasteiger partial charge in [0.15, 0.2) is 0 Å². The van der Waals surface area contributed by atoms with Gasteiger partial charge in [0.1, 0.15) is 0 Å². The van der Waals surface area contributed by atoms with Crippen molar-refractivity contribution in [1.29, 1.82) is 0 Å². The molecule has 0 amide bonds. The van der Waals surface area contributed by atoms with Crippen LogP contribution in [0.5, 0.6) is 0 Å². The van der Waals surface area contributed by atoms with E-state index < -0.39 is 0 Å². The van der Waals surface area contributed by atoms with Crippen molar-refractivity contribution in [3.05, 3.63) is 22.4 Å². The van der Waals surface area contributed by atoms with Crippen LogP contribution in [0.2, 0.25) is 0 Å². The Morgan fingerprint density at radius 2 is 2.25 bits per heavy atom. The van der Waals surface area contributed by atoms with Gasteiger partial charge in [0.25, 0.3) is 0 Å². The van der Waals surface area contributed by atoms with Crippen molar-refractivity contribution in [1.82, 2.24) is 5.32 Å². The lowest BCUT2D eigenvalue weighted by Crippen LogP contribution is -2.34. The Morgan fingerprint density at radius 1 is 1.50 bits per heavy atom. The topological polar surface area (TPSA) is 38.0 Å². The fourth-order valence-electron chi connectivity index (χ4n) is 2.54. The Kier molecular flexibility index (Phi) is 4.00. The number of thiophene rings is 1. The molecule has 2 nitrogen and oxygen atoms in total. The molecule has 1 saturated carbocycles. The predicted octanol–water partition coefficient (Wildman–Crippen LogP) is 2.92. The fraction of sp³-hybridized carbons (Fsp3) is 0.692. The highest BCUT2D eigenvalue weighted by Gasteiger charge is 2.28. The van der Waals surface area contributed by atoms with Gasteiger partial charge in [-0.15, -0.1) is 11.3 Å². The molecular formula is C13H22N2S. The Bertz CT molecular complexity index is 302. The van der Waals surface area contributed by atoms with Crippen LogP contribution in [0.3, 0.4) is 0 Å². The molecular weight excluding hydrogens is 216 g/mol. The highest BCUT2D eigenvalue weighted by molar-refractivity contribution is 7.10. The van der Waals surface area contributed by atoms with E-state index >= 15 is 0 Å². The first-order chi connectivity index (χ1) is 7.70. The molecule has 0 aliphatic heterocycles. The zero-order chi connectivity index (χ0) is 11.4. The van der Waals surface area contributed by atoms with Crippen LogP contribution in [-0.2, 0) is 0 Å². The highest BCUT2D eigenvalue weighted by atomic mass is 32.1. The largest absolute Gasteiger partial charge is 0.322 e. The van der Waals surface area contributed by atoms with Crippen molar-refractivity contribution in [3.63, 3.8) is 0 Å². The van der Waals surface area contributed by atoms with E-state index in [2.05, 4.69) is 29.8 Å². The third-order valence-electron chi connectivity index (χ3n) is 3.64. The van der Waals surface area contributed by atoms with Crippen molar-refractivity contribution < 1.29 is 0 Å². The van der Waals surface area contributed by atoms with Gasteiger partial charge in [-0.2, -0.15) is 0 Å². The van der Waals surface area contributed by atoms with E-state index in [1.54, 1.807) is 11.3 Å². The number of nitrogens with two attached hydrogens (primary N) is 1. The monoisotopic (exact) mass is 238 g/mol. The summed E-state index contributed by atoms with van der Waals surface area (Å²) in [7, 11) is 0. The summed E-state index contributed by atoms with van der Waals surface area (Å²) >= 11 is 1.75. The van der Waals surface area contributed by atoms with E-state index in [1.165, 1.54) is 30.6 Å². The zero-order valence-electron chi connectivity index (χ0n) is 10.0. The molecule has 1 aromatic heterocycles. The Balaban J connectivity index is 1.72. The first-order valence-electron chi connectivity index (χ1n) is 6.19. The van der Waals surface area contributed by atoms with Gasteiger partial charge >= 0.3 is 0 Å². The van der Waals surface area contributed by atoms with Gasteiger partial charge in [0, 0.05) is 18.0 Å². The molecule has 1 aromatic rings. The summed E-state index contributed by atoms with van der Waals surface area (Å²) in [5.74, 6) is 0. The summed E-state index contributed by atoms with van der Waals surface area (Å²) in [5.41, 5.74) is 6.64. The van der Waals surface area contributed by atoms with Crippen molar-refractivity contribution in [3.8, 4) is 0 Å². The van der Waals surface area contributed by atoms with Crippen LogP contribution in [0.25, 0.3) is 0 Å². The minimum absolute atomic E-state index is 0.157. The third kappa shape index (κ3) is 3.06. The standard InChI is InChI=1S/C13H22N2S/c1-13(6-2-3-7-13)10-15-9-11(14)12-5-4-8-16-12/h4-5,8,11,15H,2-3,6-7,9-10,14H2,1H3. The maximum atomic E-state index is 6.12. The van der Waals surface area contributed by atoms with Crippen LogP contribution in [0, 0.1) is 5.41 Å². The molecule has 1 unspecified atom stereocenters. The average molecular weight is 238 g/mol. The normalized spacial score (nSPS) is 21.1. The molecule has 1 atom stereocenters. The molecule has 3 heteroatoms. The summed E-state index contributed by atoms with van der Waals surface area (Å²) in [6, 6.07) is 4.34. The van der Waals surface area contributed by atoms with Crippen LogP contribution in [0.1, 0.15) is 43.5 Å².